The Morgan fingerprint density at radius 2 is 0.795 bits per heavy atom. The molecule has 4 aromatic heterocycles. The summed E-state index contributed by atoms with van der Waals surface area (Å²) in [6.45, 7) is 23.1. The first kappa shape index (κ1) is 42.9. The summed E-state index contributed by atoms with van der Waals surface area (Å²) in [5.74, 6) is -0.0756. The van der Waals surface area contributed by atoms with Crippen LogP contribution < -0.4 is 0 Å². The fourth-order valence-electron chi connectivity index (χ4n) is 16.3. The Morgan fingerprint density at radius 3 is 1.27 bits per heavy atom. The van der Waals surface area contributed by atoms with Crippen LogP contribution in [0.15, 0.2) is 170 Å². The van der Waals surface area contributed by atoms with Gasteiger partial charge in [0.25, 0.3) is 0 Å². The summed E-state index contributed by atoms with van der Waals surface area (Å²) in [6.07, 6.45) is 0. The normalized spacial score (nSPS) is 17.8. The number of benzene rings is 10. The van der Waals surface area contributed by atoms with Crippen LogP contribution in [0.4, 0.5) is 5.69 Å². The van der Waals surface area contributed by atoms with E-state index >= 15 is 0 Å². The van der Waals surface area contributed by atoms with Crippen molar-refractivity contribution < 1.29 is 0 Å². The van der Waals surface area contributed by atoms with Crippen LogP contribution in [-0.4, -0.2) is 8.80 Å². The average molecular weight is 995 g/mol. The lowest BCUT2D eigenvalue weighted by atomic mass is 9.59. The molecule has 4 heterocycles. The van der Waals surface area contributed by atoms with E-state index in [-0.39, 0.29) is 34.5 Å². The van der Waals surface area contributed by atoms with E-state index in [1.54, 1.807) is 0 Å². The summed E-state index contributed by atoms with van der Waals surface area (Å²) in [7, 11) is 0. The van der Waals surface area contributed by atoms with Gasteiger partial charge >= 0.3 is 0 Å². The van der Waals surface area contributed by atoms with E-state index in [2.05, 4.69) is 231 Å². The zero-order valence-electron chi connectivity index (χ0n) is 44.3. The predicted octanol–water partition coefficient (Wildman–Crippen LogP) is 18.6. The lowest BCUT2D eigenvalue weighted by Crippen LogP contribution is -2.28. The molecule has 4 heteroatoms. The van der Waals surface area contributed by atoms with Crippen molar-refractivity contribution in [1.29, 1.82) is 5.26 Å². The maximum atomic E-state index is 11.5. The monoisotopic (exact) mass is 994 g/mol. The smallest absolute Gasteiger partial charge is 0.193 e. The van der Waals surface area contributed by atoms with Crippen molar-refractivity contribution in [3.8, 4) is 17.2 Å². The van der Waals surface area contributed by atoms with Gasteiger partial charge in [0.1, 0.15) is 0 Å². The zero-order chi connectivity index (χ0) is 52.2. The molecule has 0 radical (unpaired) electrons. The van der Waals surface area contributed by atoms with Crippen molar-refractivity contribution in [1.82, 2.24) is 8.80 Å². The van der Waals surface area contributed by atoms with E-state index in [1.165, 1.54) is 143 Å². The predicted molar refractivity (Wildman–Crippen MR) is 319 cm³/mol. The molecule has 6 aliphatic rings. The Hall–Kier alpha value is -9.22. The Labute approximate surface area is 451 Å². The molecular weight excluding hydrogens is 945 g/mol. The van der Waals surface area contributed by atoms with Gasteiger partial charge in [-0.25, -0.2) is 4.85 Å². The quantitative estimate of drug-likeness (QED) is 0.151. The first-order chi connectivity index (χ1) is 37.9. The molecule has 78 heavy (non-hydrogen) atoms. The van der Waals surface area contributed by atoms with Gasteiger partial charge in [-0.15, -0.1) is 0 Å². The number of hydrogen-bond donors (Lipinski definition) is 0. The van der Waals surface area contributed by atoms with Crippen molar-refractivity contribution in [3.05, 3.63) is 265 Å². The summed E-state index contributed by atoms with van der Waals surface area (Å²) in [5.41, 5.74) is 28.6. The molecule has 0 N–H and O–H groups in total. The summed E-state index contributed by atoms with van der Waals surface area (Å²) in [4.78, 5) is 4.50. The Bertz CT molecular complexity index is 5110. The Morgan fingerprint density at radius 1 is 0.410 bits per heavy atom. The van der Waals surface area contributed by atoms with Crippen LogP contribution in [0, 0.1) is 17.9 Å². The van der Waals surface area contributed by atoms with E-state index in [4.69, 9.17) is 6.57 Å². The summed E-state index contributed by atoms with van der Waals surface area (Å²) < 4.78 is 5.15. The van der Waals surface area contributed by atoms with Crippen LogP contribution >= 0.6 is 0 Å². The Kier molecular flexibility index (Phi) is 7.72. The third kappa shape index (κ3) is 4.90. The van der Waals surface area contributed by atoms with Crippen LogP contribution in [0.5, 0.6) is 0 Å². The standard InChI is InChI=1S/C74H50N4/c1-73(2,3)39-30-49-50-34-56-64(51-32-40(74(4,5)6)33-53-66-57(77(56)71(51)53)35-54(76-7)67-61-43-23-13-17-27-47(43)63(69(66)67)48-28-18-14-24-44(48)61)59(37-19-9-8-10-20-37)72(50)78-55-29-38(36-75)58-60-41-21-11-15-25-45(41)62(46-26-16-12-22-42(46)60)68(58)65(55)52(31-39)70(49)78/h8-35,60-63H,1-6H3. The molecular formula is C74H50N4. The van der Waals surface area contributed by atoms with Crippen LogP contribution in [0.1, 0.15) is 149 Å². The van der Waals surface area contributed by atoms with Gasteiger partial charge < -0.3 is 8.80 Å². The highest BCUT2D eigenvalue weighted by molar-refractivity contribution is 6.34. The second kappa shape index (κ2) is 14.0. The lowest BCUT2D eigenvalue weighted by molar-refractivity contribution is 0.591. The second-order valence-electron chi connectivity index (χ2n) is 25.2. The van der Waals surface area contributed by atoms with Crippen LogP contribution in [0.2, 0.25) is 0 Å². The first-order valence-corrected chi connectivity index (χ1v) is 27.7. The third-order valence-electron chi connectivity index (χ3n) is 19.4. The van der Waals surface area contributed by atoms with Gasteiger partial charge in [-0.3, -0.25) is 0 Å². The van der Waals surface area contributed by atoms with Gasteiger partial charge in [-0.1, -0.05) is 169 Å². The van der Waals surface area contributed by atoms with Gasteiger partial charge in [0.05, 0.1) is 45.8 Å². The molecule has 0 spiro atoms. The largest absolute Gasteiger partial charge is 0.309 e. The first-order valence-electron chi connectivity index (χ1n) is 27.7. The number of hydrogen-bond acceptors (Lipinski definition) is 1. The summed E-state index contributed by atoms with van der Waals surface area (Å²) in [5, 5.41) is 21.4. The number of nitrogens with zero attached hydrogens (tertiary/aromatic N) is 4. The van der Waals surface area contributed by atoms with Gasteiger partial charge in [0.2, 0.25) is 0 Å². The second-order valence-corrected chi connectivity index (χ2v) is 25.2. The molecule has 0 atom stereocenters. The van der Waals surface area contributed by atoms with Crippen molar-refractivity contribution in [2.45, 2.75) is 76.0 Å². The molecule has 6 aliphatic carbocycles. The van der Waals surface area contributed by atoms with Crippen LogP contribution in [0.25, 0.3) is 92.2 Å². The van der Waals surface area contributed by atoms with Crippen molar-refractivity contribution in [2.24, 2.45) is 0 Å². The van der Waals surface area contributed by atoms with E-state index in [1.807, 2.05) is 0 Å². The SMILES string of the molecule is [C-]#[N+]c1cc2c(c3c1C1c4ccccc4C3c3ccccc31)c1cc(C(C)(C)C)cc3c4c(-c5ccccc5)c5c(cc4n2c13)c1cc(C(C)(C)C)cc2c3c4c(c(C#N)cc3n5c12)C1c2ccccc2C4c2ccccc21. The topological polar surface area (TPSA) is 37.0 Å². The van der Waals surface area contributed by atoms with Gasteiger partial charge in [0.15, 0.2) is 5.69 Å². The Balaban J connectivity index is 1.07. The molecule has 0 aliphatic heterocycles. The molecule has 0 saturated carbocycles. The molecule has 0 fully saturated rings. The zero-order valence-corrected chi connectivity index (χ0v) is 44.3. The van der Waals surface area contributed by atoms with Crippen molar-refractivity contribution >= 4 is 81.9 Å². The highest BCUT2D eigenvalue weighted by atomic mass is 14.9. The maximum absolute atomic E-state index is 11.5. The van der Waals surface area contributed by atoms with Gasteiger partial charge in [-0.05, 0) is 137 Å². The van der Waals surface area contributed by atoms with Gasteiger partial charge in [-0.2, -0.15) is 5.26 Å². The minimum absolute atomic E-state index is 0.00462. The molecule has 0 saturated heterocycles. The molecule has 14 aromatic rings. The fourth-order valence-corrected chi connectivity index (χ4v) is 16.3. The lowest BCUT2D eigenvalue weighted by Gasteiger charge is -2.43. The van der Waals surface area contributed by atoms with E-state index in [9.17, 15) is 5.26 Å². The number of aromatic nitrogens is 2. The fraction of sp³-hybridized carbons (Fsp3) is 0.162. The minimum atomic E-state index is -0.175. The molecule has 20 rings (SSSR count). The van der Waals surface area contributed by atoms with Gasteiger partial charge in [0, 0.05) is 77.8 Å². The number of fused-ring (bicyclic) bond motifs is 12. The summed E-state index contributed by atoms with van der Waals surface area (Å²) >= 11 is 0. The third-order valence-corrected chi connectivity index (χ3v) is 19.4. The molecule has 366 valence electrons. The highest BCUT2D eigenvalue weighted by Crippen LogP contribution is 2.63. The number of nitriles is 1. The molecule has 10 aromatic carbocycles. The number of rotatable bonds is 1. The maximum Gasteiger partial charge on any atom is 0.193 e. The van der Waals surface area contributed by atoms with E-state index in [0.29, 0.717) is 0 Å². The molecule has 4 nitrogen and oxygen atoms in total. The van der Waals surface area contributed by atoms with Crippen molar-refractivity contribution in [3.63, 3.8) is 0 Å². The molecule has 4 bridgehead atoms. The van der Waals surface area contributed by atoms with Crippen LogP contribution in [0.3, 0.4) is 0 Å². The average Bonchev–Trinajstić information content (AvgIpc) is 4.24. The van der Waals surface area contributed by atoms with Crippen LogP contribution in [-0.2, 0) is 10.8 Å². The van der Waals surface area contributed by atoms with E-state index in [0.717, 1.165) is 33.4 Å². The molecule has 0 unspecified atom stereocenters. The summed E-state index contributed by atoms with van der Waals surface area (Å²) in [6, 6.07) is 67.0. The van der Waals surface area contributed by atoms with Crippen molar-refractivity contribution in [2.75, 3.05) is 0 Å². The van der Waals surface area contributed by atoms with E-state index < -0.39 is 0 Å². The highest BCUT2D eigenvalue weighted by Gasteiger charge is 2.47. The minimum Gasteiger partial charge on any atom is -0.309 e. The molecule has 0 amide bonds.